The van der Waals surface area contributed by atoms with Crippen LogP contribution >= 0.6 is 0 Å². The zero-order valence-corrected chi connectivity index (χ0v) is 14.0. The van der Waals surface area contributed by atoms with Gasteiger partial charge in [-0.05, 0) is 18.9 Å². The molecule has 0 radical (unpaired) electrons. The van der Waals surface area contributed by atoms with Crippen molar-refractivity contribution in [2.45, 2.75) is 45.2 Å². The quantitative estimate of drug-likeness (QED) is 0.922. The summed E-state index contributed by atoms with van der Waals surface area (Å²) in [5.41, 5.74) is 1.28. The van der Waals surface area contributed by atoms with E-state index in [1.54, 1.807) is 0 Å². The van der Waals surface area contributed by atoms with Gasteiger partial charge >= 0.3 is 0 Å². The fraction of sp³-hybridized carbons (Fsp3) is 0.556. The normalized spacial score (nSPS) is 16.1. The van der Waals surface area contributed by atoms with Crippen molar-refractivity contribution < 1.29 is 0 Å². The molecule has 5 nitrogen and oxygen atoms in total. The van der Waals surface area contributed by atoms with Gasteiger partial charge in [-0.3, -0.25) is 0 Å². The van der Waals surface area contributed by atoms with Gasteiger partial charge < -0.3 is 14.8 Å². The molecule has 1 fully saturated rings. The van der Waals surface area contributed by atoms with Crippen LogP contribution in [0, 0.1) is 0 Å². The van der Waals surface area contributed by atoms with Crippen LogP contribution in [0.5, 0.6) is 0 Å². The molecule has 2 aromatic rings. The second kappa shape index (κ2) is 8.11. The van der Waals surface area contributed by atoms with Gasteiger partial charge in [0.25, 0.3) is 0 Å². The van der Waals surface area contributed by atoms with E-state index in [1.807, 2.05) is 31.7 Å². The average molecular weight is 313 g/mol. The first-order valence-electron chi connectivity index (χ1n) is 8.70. The lowest BCUT2D eigenvalue weighted by atomic mass is 10.1. The van der Waals surface area contributed by atoms with Crippen LogP contribution < -0.4 is 10.2 Å². The smallest absolute Gasteiger partial charge is 0.133 e. The molecule has 124 valence electrons. The Labute approximate surface area is 138 Å². The second-order valence-electron chi connectivity index (χ2n) is 6.30. The number of aromatic nitrogens is 3. The number of nitrogens with zero attached hydrogens (tertiary/aromatic N) is 4. The van der Waals surface area contributed by atoms with Gasteiger partial charge in [0.15, 0.2) is 0 Å². The van der Waals surface area contributed by atoms with E-state index in [-0.39, 0.29) is 0 Å². The van der Waals surface area contributed by atoms with Crippen molar-refractivity contribution in [1.82, 2.24) is 19.9 Å². The maximum Gasteiger partial charge on any atom is 0.133 e. The molecule has 0 saturated carbocycles. The highest BCUT2D eigenvalue weighted by Crippen LogP contribution is 2.21. The Bertz CT molecular complexity index is 599. The minimum atomic E-state index is 0.776. The van der Waals surface area contributed by atoms with Gasteiger partial charge in [0.05, 0.1) is 6.54 Å². The monoisotopic (exact) mass is 313 g/mol. The van der Waals surface area contributed by atoms with Gasteiger partial charge in [-0.15, -0.1) is 0 Å². The van der Waals surface area contributed by atoms with Crippen molar-refractivity contribution in [2.24, 2.45) is 7.05 Å². The maximum absolute atomic E-state index is 4.67. The average Bonchev–Trinajstić information content (AvgIpc) is 2.93. The number of nitrogens with one attached hydrogen (secondary N) is 1. The first kappa shape index (κ1) is 16.0. The molecule has 1 aliphatic rings. The predicted molar refractivity (Wildman–Crippen MR) is 93.3 cm³/mol. The van der Waals surface area contributed by atoms with Crippen molar-refractivity contribution >= 4 is 5.82 Å². The van der Waals surface area contributed by atoms with Crippen molar-refractivity contribution in [3.05, 3.63) is 42.1 Å². The molecule has 1 saturated heterocycles. The van der Waals surface area contributed by atoms with Crippen LogP contribution in [0.2, 0.25) is 0 Å². The Morgan fingerprint density at radius 1 is 1.00 bits per heavy atom. The Morgan fingerprint density at radius 3 is 2.52 bits per heavy atom. The van der Waals surface area contributed by atoms with Crippen molar-refractivity contribution in [1.29, 1.82) is 0 Å². The molecule has 2 aromatic heterocycles. The Hall–Kier alpha value is -1.88. The molecular weight excluding hydrogens is 286 g/mol. The molecule has 0 atom stereocenters. The van der Waals surface area contributed by atoms with E-state index >= 15 is 0 Å². The highest BCUT2D eigenvalue weighted by molar-refractivity contribution is 5.46. The van der Waals surface area contributed by atoms with Crippen LogP contribution in [0.15, 0.2) is 30.7 Å². The van der Waals surface area contributed by atoms with Crippen LogP contribution in [-0.4, -0.2) is 27.6 Å². The number of hydrogen-bond donors (Lipinski definition) is 1. The molecule has 5 heteroatoms. The number of imidazole rings is 1. The van der Waals surface area contributed by atoms with Gasteiger partial charge in [0.2, 0.25) is 0 Å². The van der Waals surface area contributed by atoms with Gasteiger partial charge in [-0.25, -0.2) is 9.97 Å². The SMILES string of the molecule is Cn1ccnc1CNCc1cccnc1N1CCCCCCC1. The van der Waals surface area contributed by atoms with E-state index in [2.05, 4.69) is 30.8 Å². The third-order valence-electron chi connectivity index (χ3n) is 4.54. The van der Waals surface area contributed by atoms with E-state index in [9.17, 15) is 0 Å². The summed E-state index contributed by atoms with van der Waals surface area (Å²) >= 11 is 0. The van der Waals surface area contributed by atoms with Gasteiger partial charge in [0, 0.05) is 50.8 Å². The predicted octanol–water partition coefficient (Wildman–Crippen LogP) is 2.88. The summed E-state index contributed by atoms with van der Waals surface area (Å²) in [4.78, 5) is 11.5. The molecule has 0 spiro atoms. The lowest BCUT2D eigenvalue weighted by Gasteiger charge is -2.27. The summed E-state index contributed by atoms with van der Waals surface area (Å²) in [6, 6.07) is 4.22. The Balaban J connectivity index is 1.63. The fourth-order valence-corrected chi connectivity index (χ4v) is 3.19. The van der Waals surface area contributed by atoms with Crippen LogP contribution in [0.3, 0.4) is 0 Å². The van der Waals surface area contributed by atoms with Crippen molar-refractivity contribution in [2.75, 3.05) is 18.0 Å². The summed E-state index contributed by atoms with van der Waals surface area (Å²) in [6.45, 7) is 3.86. The number of aryl methyl sites for hydroxylation is 1. The summed E-state index contributed by atoms with van der Waals surface area (Å²) < 4.78 is 2.05. The molecule has 0 bridgehead atoms. The third kappa shape index (κ3) is 4.32. The van der Waals surface area contributed by atoms with E-state index in [0.29, 0.717) is 0 Å². The third-order valence-corrected chi connectivity index (χ3v) is 4.54. The van der Waals surface area contributed by atoms with Crippen LogP contribution in [0.4, 0.5) is 5.82 Å². The molecule has 0 amide bonds. The molecule has 1 N–H and O–H groups in total. The fourth-order valence-electron chi connectivity index (χ4n) is 3.19. The van der Waals surface area contributed by atoms with E-state index in [0.717, 1.165) is 37.8 Å². The zero-order valence-electron chi connectivity index (χ0n) is 14.0. The number of pyridine rings is 1. The van der Waals surface area contributed by atoms with E-state index in [4.69, 9.17) is 0 Å². The number of anilines is 1. The van der Waals surface area contributed by atoms with Gasteiger partial charge in [-0.2, -0.15) is 0 Å². The number of hydrogen-bond acceptors (Lipinski definition) is 4. The summed E-state index contributed by atoms with van der Waals surface area (Å²) in [5.74, 6) is 2.21. The molecule has 3 heterocycles. The minimum Gasteiger partial charge on any atom is -0.356 e. The Kier molecular flexibility index (Phi) is 5.64. The van der Waals surface area contributed by atoms with E-state index < -0.39 is 0 Å². The maximum atomic E-state index is 4.67. The number of rotatable bonds is 5. The summed E-state index contributed by atoms with van der Waals surface area (Å²) in [7, 11) is 2.03. The molecule has 0 aromatic carbocycles. The first-order chi connectivity index (χ1) is 11.3. The molecular formula is C18H27N5. The molecule has 3 rings (SSSR count). The standard InChI is InChI=1S/C18H27N5/c1-22-13-10-20-17(22)15-19-14-16-8-7-9-21-18(16)23-11-5-3-2-4-6-12-23/h7-10,13,19H,2-6,11-12,14-15H2,1H3. The molecule has 0 unspecified atom stereocenters. The highest BCUT2D eigenvalue weighted by atomic mass is 15.2. The highest BCUT2D eigenvalue weighted by Gasteiger charge is 2.13. The minimum absolute atomic E-state index is 0.776. The van der Waals surface area contributed by atoms with Crippen molar-refractivity contribution in [3.8, 4) is 0 Å². The van der Waals surface area contributed by atoms with Crippen LogP contribution in [-0.2, 0) is 20.1 Å². The first-order valence-corrected chi connectivity index (χ1v) is 8.70. The largest absolute Gasteiger partial charge is 0.356 e. The zero-order chi connectivity index (χ0) is 15.9. The van der Waals surface area contributed by atoms with Crippen LogP contribution in [0.1, 0.15) is 43.5 Å². The second-order valence-corrected chi connectivity index (χ2v) is 6.30. The van der Waals surface area contributed by atoms with Crippen molar-refractivity contribution in [3.63, 3.8) is 0 Å². The summed E-state index contributed by atoms with van der Waals surface area (Å²) in [6.07, 6.45) is 12.4. The lowest BCUT2D eigenvalue weighted by molar-refractivity contribution is 0.551. The summed E-state index contributed by atoms with van der Waals surface area (Å²) in [5, 5.41) is 3.50. The molecule has 1 aliphatic heterocycles. The molecule has 0 aliphatic carbocycles. The van der Waals surface area contributed by atoms with Gasteiger partial charge in [0.1, 0.15) is 11.6 Å². The van der Waals surface area contributed by atoms with E-state index in [1.165, 1.54) is 37.7 Å². The lowest BCUT2D eigenvalue weighted by Crippen LogP contribution is -2.29. The molecule has 23 heavy (non-hydrogen) atoms. The van der Waals surface area contributed by atoms with Crippen LogP contribution in [0.25, 0.3) is 0 Å². The van der Waals surface area contributed by atoms with Gasteiger partial charge in [-0.1, -0.05) is 25.3 Å². The Morgan fingerprint density at radius 2 is 1.78 bits per heavy atom. The topological polar surface area (TPSA) is 46.0 Å².